The van der Waals surface area contributed by atoms with Crippen molar-refractivity contribution in [3.8, 4) is 12.3 Å². The van der Waals surface area contributed by atoms with Gasteiger partial charge in [0.05, 0.1) is 6.54 Å². The monoisotopic (exact) mass is 139 g/mol. The molecule has 0 aromatic carbocycles. The van der Waals surface area contributed by atoms with E-state index in [1.165, 1.54) is 0 Å². The Bertz CT molecular complexity index is 143. The molecule has 0 radical (unpaired) electrons. The van der Waals surface area contributed by atoms with Gasteiger partial charge in [0.1, 0.15) is 0 Å². The molecule has 3 nitrogen and oxygen atoms in total. The molecule has 0 bridgehead atoms. The van der Waals surface area contributed by atoms with Crippen molar-refractivity contribution in [3.05, 3.63) is 0 Å². The summed E-state index contributed by atoms with van der Waals surface area (Å²) in [6, 6.07) is 0. The molecule has 10 heavy (non-hydrogen) atoms. The molecular formula is C7H13N3. The predicted octanol–water partition coefficient (Wildman–Crippen LogP) is -0.0661. The zero-order valence-electron chi connectivity index (χ0n) is 6.22. The Kier molecular flexibility index (Phi) is 5.26. The first-order valence-electron chi connectivity index (χ1n) is 3.28. The zero-order chi connectivity index (χ0) is 7.82. The third kappa shape index (κ3) is 4.98. The van der Waals surface area contributed by atoms with Crippen LogP contribution in [-0.2, 0) is 0 Å². The van der Waals surface area contributed by atoms with E-state index in [4.69, 9.17) is 12.2 Å². The van der Waals surface area contributed by atoms with Crippen LogP contribution in [0, 0.1) is 12.3 Å². The van der Waals surface area contributed by atoms with Gasteiger partial charge in [-0.2, -0.15) is 0 Å². The van der Waals surface area contributed by atoms with Gasteiger partial charge in [0.2, 0.25) is 0 Å². The SMILES string of the molecule is C#CCCN=C(N)NCC. The molecule has 0 spiro atoms. The molecule has 56 valence electrons. The van der Waals surface area contributed by atoms with Crippen LogP contribution in [0.25, 0.3) is 0 Å². The number of nitrogens with one attached hydrogen (secondary N) is 1. The Morgan fingerprint density at radius 3 is 3.00 bits per heavy atom. The van der Waals surface area contributed by atoms with Crippen molar-refractivity contribution in [3.63, 3.8) is 0 Å². The van der Waals surface area contributed by atoms with Crippen LogP contribution in [0.3, 0.4) is 0 Å². The number of hydrogen-bond donors (Lipinski definition) is 2. The van der Waals surface area contributed by atoms with Gasteiger partial charge in [0.15, 0.2) is 5.96 Å². The Hall–Kier alpha value is -1.17. The fourth-order valence-electron chi connectivity index (χ4n) is 0.478. The van der Waals surface area contributed by atoms with E-state index in [0.29, 0.717) is 18.9 Å². The molecule has 0 fully saturated rings. The smallest absolute Gasteiger partial charge is 0.188 e. The van der Waals surface area contributed by atoms with Gasteiger partial charge in [0.25, 0.3) is 0 Å². The second kappa shape index (κ2) is 5.96. The number of guanidine groups is 1. The van der Waals surface area contributed by atoms with Crippen molar-refractivity contribution >= 4 is 5.96 Å². The first-order valence-corrected chi connectivity index (χ1v) is 3.28. The van der Waals surface area contributed by atoms with Crippen LogP contribution in [0.5, 0.6) is 0 Å². The molecular weight excluding hydrogens is 126 g/mol. The van der Waals surface area contributed by atoms with E-state index < -0.39 is 0 Å². The van der Waals surface area contributed by atoms with Crippen LogP contribution < -0.4 is 11.1 Å². The summed E-state index contributed by atoms with van der Waals surface area (Å²) in [6.07, 6.45) is 5.65. The fraction of sp³-hybridized carbons (Fsp3) is 0.571. The topological polar surface area (TPSA) is 50.4 Å². The van der Waals surface area contributed by atoms with Gasteiger partial charge in [-0.25, -0.2) is 0 Å². The van der Waals surface area contributed by atoms with E-state index in [1.807, 2.05) is 6.92 Å². The minimum absolute atomic E-state index is 0.470. The van der Waals surface area contributed by atoms with Crippen molar-refractivity contribution in [2.24, 2.45) is 10.7 Å². The maximum Gasteiger partial charge on any atom is 0.188 e. The average molecular weight is 139 g/mol. The summed E-state index contributed by atoms with van der Waals surface area (Å²) in [5.41, 5.74) is 5.40. The van der Waals surface area contributed by atoms with Gasteiger partial charge in [0, 0.05) is 13.0 Å². The van der Waals surface area contributed by atoms with Crippen LogP contribution in [0.1, 0.15) is 13.3 Å². The molecule has 0 aliphatic rings. The lowest BCUT2D eigenvalue weighted by atomic mass is 10.5. The maximum atomic E-state index is 5.40. The summed E-state index contributed by atoms with van der Waals surface area (Å²) < 4.78 is 0. The van der Waals surface area contributed by atoms with Crippen molar-refractivity contribution < 1.29 is 0 Å². The summed E-state index contributed by atoms with van der Waals surface area (Å²) in [6.45, 7) is 3.37. The molecule has 0 aliphatic carbocycles. The molecule has 3 heteroatoms. The number of hydrogen-bond acceptors (Lipinski definition) is 1. The van der Waals surface area contributed by atoms with Gasteiger partial charge >= 0.3 is 0 Å². The van der Waals surface area contributed by atoms with Crippen LogP contribution >= 0.6 is 0 Å². The van der Waals surface area contributed by atoms with E-state index in [0.717, 1.165) is 6.54 Å². The summed E-state index contributed by atoms with van der Waals surface area (Å²) in [4.78, 5) is 3.94. The lowest BCUT2D eigenvalue weighted by molar-refractivity contribution is 0.922. The summed E-state index contributed by atoms with van der Waals surface area (Å²) in [7, 11) is 0. The normalized spacial score (nSPS) is 10.6. The first-order chi connectivity index (χ1) is 4.81. The molecule has 0 saturated carbocycles. The van der Waals surface area contributed by atoms with E-state index in [2.05, 4.69) is 16.2 Å². The van der Waals surface area contributed by atoms with Gasteiger partial charge in [-0.1, -0.05) is 0 Å². The second-order valence-corrected chi connectivity index (χ2v) is 1.75. The molecule has 0 aromatic heterocycles. The van der Waals surface area contributed by atoms with Crippen LogP contribution in [0.15, 0.2) is 4.99 Å². The molecule has 0 atom stereocenters. The van der Waals surface area contributed by atoms with E-state index in [1.54, 1.807) is 0 Å². The largest absolute Gasteiger partial charge is 0.370 e. The number of rotatable bonds is 3. The van der Waals surface area contributed by atoms with Crippen LogP contribution in [0.4, 0.5) is 0 Å². The predicted molar refractivity (Wildman–Crippen MR) is 43.6 cm³/mol. The van der Waals surface area contributed by atoms with Crippen molar-refractivity contribution in [1.29, 1.82) is 0 Å². The summed E-state index contributed by atoms with van der Waals surface area (Å²) in [5.74, 6) is 2.94. The highest BCUT2D eigenvalue weighted by Crippen LogP contribution is 1.75. The van der Waals surface area contributed by atoms with Gasteiger partial charge in [-0.3, -0.25) is 4.99 Å². The molecule has 3 N–H and O–H groups in total. The Morgan fingerprint density at radius 2 is 2.50 bits per heavy atom. The van der Waals surface area contributed by atoms with Crippen molar-refractivity contribution in [2.45, 2.75) is 13.3 Å². The Morgan fingerprint density at radius 1 is 1.80 bits per heavy atom. The first kappa shape index (κ1) is 8.83. The summed E-state index contributed by atoms with van der Waals surface area (Å²) >= 11 is 0. The third-order valence-electron chi connectivity index (χ3n) is 0.896. The lowest BCUT2D eigenvalue weighted by Gasteiger charge is -1.98. The van der Waals surface area contributed by atoms with Crippen LogP contribution in [-0.4, -0.2) is 19.0 Å². The third-order valence-corrected chi connectivity index (χ3v) is 0.896. The van der Waals surface area contributed by atoms with Crippen molar-refractivity contribution in [2.75, 3.05) is 13.1 Å². The van der Waals surface area contributed by atoms with E-state index >= 15 is 0 Å². The molecule has 0 unspecified atom stereocenters. The minimum atomic E-state index is 0.470. The van der Waals surface area contributed by atoms with Crippen molar-refractivity contribution in [1.82, 2.24) is 5.32 Å². The number of terminal acetylenes is 1. The number of nitrogens with zero attached hydrogens (tertiary/aromatic N) is 1. The Labute approximate surface area is 61.7 Å². The summed E-state index contributed by atoms with van der Waals surface area (Å²) in [5, 5.41) is 2.86. The highest BCUT2D eigenvalue weighted by Gasteiger charge is 1.84. The quantitative estimate of drug-likeness (QED) is 0.249. The average Bonchev–Trinajstić information content (AvgIpc) is 1.89. The molecule has 0 heterocycles. The molecule has 0 amide bonds. The number of aliphatic imine (C=N–C) groups is 1. The molecule has 0 rings (SSSR count). The van der Waals surface area contributed by atoms with E-state index in [-0.39, 0.29) is 0 Å². The minimum Gasteiger partial charge on any atom is -0.370 e. The van der Waals surface area contributed by atoms with Gasteiger partial charge < -0.3 is 11.1 Å². The van der Waals surface area contributed by atoms with Gasteiger partial charge in [-0.05, 0) is 6.92 Å². The second-order valence-electron chi connectivity index (χ2n) is 1.75. The zero-order valence-corrected chi connectivity index (χ0v) is 6.22. The van der Waals surface area contributed by atoms with E-state index in [9.17, 15) is 0 Å². The Balaban J connectivity index is 3.39. The lowest BCUT2D eigenvalue weighted by Crippen LogP contribution is -2.31. The van der Waals surface area contributed by atoms with Crippen LogP contribution in [0.2, 0.25) is 0 Å². The highest BCUT2D eigenvalue weighted by molar-refractivity contribution is 5.77. The molecule has 0 saturated heterocycles. The highest BCUT2D eigenvalue weighted by atomic mass is 15.1. The fourth-order valence-corrected chi connectivity index (χ4v) is 0.478. The maximum absolute atomic E-state index is 5.40. The molecule has 0 aromatic rings. The number of nitrogens with two attached hydrogens (primary N) is 1. The van der Waals surface area contributed by atoms with Gasteiger partial charge in [-0.15, -0.1) is 12.3 Å². The molecule has 0 aliphatic heterocycles. The standard InChI is InChI=1S/C7H13N3/c1-3-5-6-10-7(8)9-4-2/h1H,4-6H2,2H3,(H3,8,9,10).